The van der Waals surface area contributed by atoms with Gasteiger partial charge >= 0.3 is 0 Å². The summed E-state index contributed by atoms with van der Waals surface area (Å²) in [7, 11) is 0. The molecule has 3 aromatic rings. The van der Waals surface area contributed by atoms with Gasteiger partial charge in [-0.25, -0.2) is 4.98 Å². The third-order valence-electron chi connectivity index (χ3n) is 3.25. The molecule has 0 spiro atoms. The SMILES string of the molecule is CSc1ccc(-c2ccc(OCc3ccccn3)nc2)cc1. The van der Waals surface area contributed by atoms with E-state index < -0.39 is 0 Å². The molecule has 0 aliphatic carbocycles. The molecule has 3 rings (SSSR count). The third kappa shape index (κ3) is 3.65. The van der Waals surface area contributed by atoms with Crippen LogP contribution in [0.25, 0.3) is 11.1 Å². The number of benzene rings is 1. The summed E-state index contributed by atoms with van der Waals surface area (Å²) in [5, 5.41) is 0. The van der Waals surface area contributed by atoms with Gasteiger partial charge in [-0.05, 0) is 42.2 Å². The van der Waals surface area contributed by atoms with E-state index in [9.17, 15) is 0 Å². The zero-order valence-corrected chi connectivity index (χ0v) is 13.1. The van der Waals surface area contributed by atoms with Crippen LogP contribution in [-0.2, 0) is 6.61 Å². The minimum Gasteiger partial charge on any atom is -0.471 e. The molecule has 3 nitrogen and oxygen atoms in total. The molecule has 0 atom stereocenters. The molecule has 0 saturated heterocycles. The van der Waals surface area contributed by atoms with E-state index in [-0.39, 0.29) is 0 Å². The Labute approximate surface area is 134 Å². The van der Waals surface area contributed by atoms with Crippen LogP contribution in [0, 0.1) is 0 Å². The van der Waals surface area contributed by atoms with Crippen LogP contribution in [0.3, 0.4) is 0 Å². The van der Waals surface area contributed by atoms with Gasteiger partial charge in [0.2, 0.25) is 5.88 Å². The molecule has 4 heteroatoms. The second-order valence-corrected chi connectivity index (χ2v) is 5.60. The van der Waals surface area contributed by atoms with Gasteiger partial charge in [-0.2, -0.15) is 0 Å². The van der Waals surface area contributed by atoms with E-state index in [4.69, 9.17) is 4.74 Å². The predicted octanol–water partition coefficient (Wildman–Crippen LogP) is 4.44. The molecule has 0 unspecified atom stereocenters. The Morgan fingerprint density at radius 1 is 0.909 bits per heavy atom. The monoisotopic (exact) mass is 308 g/mol. The van der Waals surface area contributed by atoms with Gasteiger partial charge in [-0.1, -0.05) is 18.2 Å². The zero-order chi connectivity index (χ0) is 15.2. The van der Waals surface area contributed by atoms with Gasteiger partial charge in [-0.3, -0.25) is 4.98 Å². The van der Waals surface area contributed by atoms with Crippen molar-refractivity contribution in [3.05, 3.63) is 72.7 Å². The minimum absolute atomic E-state index is 0.426. The molecule has 110 valence electrons. The highest BCUT2D eigenvalue weighted by Gasteiger charge is 2.01. The first-order chi connectivity index (χ1) is 10.8. The Bertz CT molecular complexity index is 712. The maximum atomic E-state index is 5.64. The highest BCUT2D eigenvalue weighted by atomic mass is 32.2. The molecular formula is C18H16N2OS. The molecule has 0 N–H and O–H groups in total. The van der Waals surface area contributed by atoms with Crippen LogP contribution < -0.4 is 4.74 Å². The first-order valence-corrected chi connectivity index (χ1v) is 8.21. The fraction of sp³-hybridized carbons (Fsp3) is 0.111. The summed E-state index contributed by atoms with van der Waals surface area (Å²) in [5.74, 6) is 0.607. The Morgan fingerprint density at radius 2 is 1.73 bits per heavy atom. The van der Waals surface area contributed by atoms with E-state index in [1.807, 2.05) is 36.5 Å². The average Bonchev–Trinajstić information content (AvgIpc) is 2.61. The van der Waals surface area contributed by atoms with Crippen LogP contribution in [0.5, 0.6) is 5.88 Å². The van der Waals surface area contributed by atoms with Crippen molar-refractivity contribution < 1.29 is 4.74 Å². The maximum Gasteiger partial charge on any atom is 0.213 e. The van der Waals surface area contributed by atoms with Crippen molar-refractivity contribution in [2.45, 2.75) is 11.5 Å². The Hall–Kier alpha value is -2.33. The van der Waals surface area contributed by atoms with Gasteiger partial charge in [0.25, 0.3) is 0 Å². The first-order valence-electron chi connectivity index (χ1n) is 6.98. The van der Waals surface area contributed by atoms with E-state index in [0.717, 1.165) is 16.8 Å². The largest absolute Gasteiger partial charge is 0.471 e. The fourth-order valence-electron chi connectivity index (χ4n) is 2.05. The van der Waals surface area contributed by atoms with Crippen LogP contribution in [0.1, 0.15) is 5.69 Å². The lowest BCUT2D eigenvalue weighted by molar-refractivity contribution is 0.289. The third-order valence-corrected chi connectivity index (χ3v) is 4.00. The second-order valence-electron chi connectivity index (χ2n) is 4.72. The minimum atomic E-state index is 0.426. The molecular weight excluding hydrogens is 292 g/mol. The van der Waals surface area contributed by atoms with Crippen molar-refractivity contribution >= 4 is 11.8 Å². The van der Waals surface area contributed by atoms with Gasteiger partial charge in [0.1, 0.15) is 6.61 Å². The summed E-state index contributed by atoms with van der Waals surface area (Å²) in [6, 6.07) is 18.1. The van der Waals surface area contributed by atoms with Crippen LogP contribution in [0.15, 0.2) is 71.9 Å². The highest BCUT2D eigenvalue weighted by Crippen LogP contribution is 2.23. The van der Waals surface area contributed by atoms with E-state index in [1.54, 1.807) is 18.0 Å². The van der Waals surface area contributed by atoms with Crippen molar-refractivity contribution in [3.8, 4) is 17.0 Å². The number of hydrogen-bond acceptors (Lipinski definition) is 4. The van der Waals surface area contributed by atoms with Gasteiger partial charge < -0.3 is 4.74 Å². The smallest absolute Gasteiger partial charge is 0.213 e. The maximum absolute atomic E-state index is 5.64. The van der Waals surface area contributed by atoms with Crippen molar-refractivity contribution in [2.75, 3.05) is 6.26 Å². The molecule has 2 aromatic heterocycles. The lowest BCUT2D eigenvalue weighted by Gasteiger charge is -2.06. The van der Waals surface area contributed by atoms with Crippen LogP contribution in [0.2, 0.25) is 0 Å². The number of hydrogen-bond donors (Lipinski definition) is 0. The average molecular weight is 308 g/mol. The molecule has 0 amide bonds. The summed E-state index contributed by atoms with van der Waals surface area (Å²) in [6.45, 7) is 0.426. The van der Waals surface area contributed by atoms with E-state index in [2.05, 4.69) is 40.5 Å². The Morgan fingerprint density at radius 3 is 2.36 bits per heavy atom. The summed E-state index contributed by atoms with van der Waals surface area (Å²) in [5.41, 5.74) is 3.13. The second kappa shape index (κ2) is 7.09. The molecule has 22 heavy (non-hydrogen) atoms. The summed E-state index contributed by atoms with van der Waals surface area (Å²) < 4.78 is 5.64. The van der Waals surface area contributed by atoms with Gasteiger partial charge in [-0.15, -0.1) is 11.8 Å². The first kappa shape index (κ1) is 14.6. The summed E-state index contributed by atoms with van der Waals surface area (Å²) in [4.78, 5) is 9.83. The zero-order valence-electron chi connectivity index (χ0n) is 12.3. The van der Waals surface area contributed by atoms with Crippen LogP contribution in [-0.4, -0.2) is 16.2 Å². The van der Waals surface area contributed by atoms with Crippen molar-refractivity contribution in [1.82, 2.24) is 9.97 Å². The molecule has 0 radical (unpaired) electrons. The van der Waals surface area contributed by atoms with Crippen molar-refractivity contribution in [1.29, 1.82) is 0 Å². The number of rotatable bonds is 5. The number of ether oxygens (including phenoxy) is 1. The van der Waals surface area contributed by atoms with Gasteiger partial charge in [0.05, 0.1) is 5.69 Å². The molecule has 0 aliphatic rings. The van der Waals surface area contributed by atoms with Crippen molar-refractivity contribution in [2.24, 2.45) is 0 Å². The van der Waals surface area contributed by atoms with Gasteiger partial charge in [0.15, 0.2) is 0 Å². The molecule has 2 heterocycles. The fourth-order valence-corrected chi connectivity index (χ4v) is 2.46. The quantitative estimate of drug-likeness (QED) is 0.653. The molecule has 0 fully saturated rings. The number of thioether (sulfide) groups is 1. The topological polar surface area (TPSA) is 35.0 Å². The Kier molecular flexibility index (Phi) is 4.71. The summed E-state index contributed by atoms with van der Waals surface area (Å²) >= 11 is 1.74. The lowest BCUT2D eigenvalue weighted by atomic mass is 10.1. The van der Waals surface area contributed by atoms with Crippen LogP contribution >= 0.6 is 11.8 Å². The molecule has 0 aliphatic heterocycles. The van der Waals surface area contributed by atoms with Gasteiger partial charge in [0, 0.05) is 28.9 Å². The van der Waals surface area contributed by atoms with E-state index >= 15 is 0 Å². The Balaban J connectivity index is 1.67. The molecule has 0 bridgehead atoms. The lowest BCUT2D eigenvalue weighted by Crippen LogP contribution is -1.98. The van der Waals surface area contributed by atoms with E-state index in [0.29, 0.717) is 12.5 Å². The standard InChI is InChI=1S/C18H16N2OS/c1-22-17-8-5-14(6-9-17)15-7-10-18(20-12-15)21-13-16-4-2-3-11-19-16/h2-12H,13H2,1H3. The number of aromatic nitrogens is 2. The van der Waals surface area contributed by atoms with E-state index in [1.165, 1.54) is 4.90 Å². The van der Waals surface area contributed by atoms with Crippen molar-refractivity contribution in [3.63, 3.8) is 0 Å². The van der Waals surface area contributed by atoms with Crippen LogP contribution in [0.4, 0.5) is 0 Å². The number of nitrogens with zero attached hydrogens (tertiary/aromatic N) is 2. The number of pyridine rings is 2. The highest BCUT2D eigenvalue weighted by molar-refractivity contribution is 7.98. The molecule has 0 saturated carbocycles. The molecule has 1 aromatic carbocycles. The normalized spacial score (nSPS) is 10.4. The predicted molar refractivity (Wildman–Crippen MR) is 90.0 cm³/mol. The summed E-state index contributed by atoms with van der Waals surface area (Å²) in [6.07, 6.45) is 5.67.